The van der Waals surface area contributed by atoms with Crippen LogP contribution in [0.25, 0.3) is 0 Å². The molecule has 0 spiro atoms. The highest BCUT2D eigenvalue weighted by Gasteiger charge is 2.16. The van der Waals surface area contributed by atoms with Crippen LogP contribution in [0, 0.1) is 0 Å². The highest BCUT2D eigenvalue weighted by molar-refractivity contribution is 7.99. The molecule has 1 aromatic carbocycles. The standard InChI is InChI=1S/C15H16N2O3S/c1-9(2)14-16-8-12(13(17-14)15(18)19)21-11-6-4-5-10(7-11)20-3/h4-9H,1-3H3,(H,18,19). The van der Waals surface area contributed by atoms with Gasteiger partial charge in [-0.25, -0.2) is 14.8 Å². The van der Waals surface area contributed by atoms with Gasteiger partial charge in [0.15, 0.2) is 5.69 Å². The van der Waals surface area contributed by atoms with E-state index in [1.165, 1.54) is 11.8 Å². The fourth-order valence-electron chi connectivity index (χ4n) is 1.68. The maximum atomic E-state index is 11.4. The summed E-state index contributed by atoms with van der Waals surface area (Å²) in [7, 11) is 1.59. The van der Waals surface area contributed by atoms with Gasteiger partial charge in [-0.15, -0.1) is 0 Å². The molecule has 0 aliphatic rings. The monoisotopic (exact) mass is 304 g/mol. The molecule has 0 bridgehead atoms. The van der Waals surface area contributed by atoms with Gasteiger partial charge in [0.1, 0.15) is 11.6 Å². The SMILES string of the molecule is COc1cccc(Sc2cnc(C(C)C)nc2C(=O)O)c1. The molecule has 110 valence electrons. The van der Waals surface area contributed by atoms with E-state index in [0.29, 0.717) is 10.7 Å². The Balaban J connectivity index is 2.36. The second-order valence-corrected chi connectivity index (χ2v) is 5.80. The van der Waals surface area contributed by atoms with E-state index in [4.69, 9.17) is 4.74 Å². The van der Waals surface area contributed by atoms with Crippen molar-refractivity contribution in [3.05, 3.63) is 42.0 Å². The Morgan fingerprint density at radius 1 is 1.38 bits per heavy atom. The number of rotatable bonds is 5. The van der Waals surface area contributed by atoms with Gasteiger partial charge in [0.25, 0.3) is 0 Å². The van der Waals surface area contributed by atoms with E-state index in [-0.39, 0.29) is 11.6 Å². The van der Waals surface area contributed by atoms with Crippen LogP contribution in [0.2, 0.25) is 0 Å². The Morgan fingerprint density at radius 3 is 2.76 bits per heavy atom. The lowest BCUT2D eigenvalue weighted by Crippen LogP contribution is -2.08. The van der Waals surface area contributed by atoms with E-state index >= 15 is 0 Å². The van der Waals surface area contributed by atoms with Crippen molar-refractivity contribution in [3.63, 3.8) is 0 Å². The molecule has 5 nitrogen and oxygen atoms in total. The van der Waals surface area contributed by atoms with Crippen molar-refractivity contribution in [2.24, 2.45) is 0 Å². The largest absolute Gasteiger partial charge is 0.497 e. The van der Waals surface area contributed by atoms with Crippen LogP contribution >= 0.6 is 11.8 Å². The van der Waals surface area contributed by atoms with Gasteiger partial charge in [-0.2, -0.15) is 0 Å². The number of aromatic carboxylic acids is 1. The van der Waals surface area contributed by atoms with Gasteiger partial charge in [0, 0.05) is 17.0 Å². The molecule has 21 heavy (non-hydrogen) atoms. The first-order chi connectivity index (χ1) is 10.0. The molecule has 0 atom stereocenters. The van der Waals surface area contributed by atoms with Gasteiger partial charge < -0.3 is 9.84 Å². The second kappa shape index (κ2) is 6.58. The lowest BCUT2D eigenvalue weighted by Gasteiger charge is -2.09. The van der Waals surface area contributed by atoms with Crippen molar-refractivity contribution < 1.29 is 14.6 Å². The van der Waals surface area contributed by atoms with E-state index in [2.05, 4.69) is 9.97 Å². The molecule has 0 unspecified atom stereocenters. The molecule has 0 radical (unpaired) electrons. The van der Waals surface area contributed by atoms with Crippen LogP contribution in [0.15, 0.2) is 40.3 Å². The number of methoxy groups -OCH3 is 1. The van der Waals surface area contributed by atoms with Crippen LogP contribution in [0.5, 0.6) is 5.75 Å². The van der Waals surface area contributed by atoms with Crippen LogP contribution in [-0.2, 0) is 0 Å². The molecule has 0 fully saturated rings. The third-order valence-electron chi connectivity index (χ3n) is 2.76. The number of carboxylic acids is 1. The minimum Gasteiger partial charge on any atom is -0.497 e. The van der Waals surface area contributed by atoms with E-state index in [1.54, 1.807) is 13.3 Å². The summed E-state index contributed by atoms with van der Waals surface area (Å²) in [4.78, 5) is 21.1. The van der Waals surface area contributed by atoms with Crippen LogP contribution in [-0.4, -0.2) is 28.2 Å². The zero-order valence-corrected chi connectivity index (χ0v) is 12.8. The molecule has 0 aliphatic carbocycles. The number of benzene rings is 1. The Bertz CT molecular complexity index is 659. The molecule has 1 aromatic heterocycles. The molecule has 6 heteroatoms. The van der Waals surface area contributed by atoms with E-state index < -0.39 is 5.97 Å². The lowest BCUT2D eigenvalue weighted by atomic mass is 10.2. The molecular weight excluding hydrogens is 288 g/mol. The van der Waals surface area contributed by atoms with E-state index in [0.717, 1.165) is 10.6 Å². The maximum Gasteiger partial charge on any atom is 0.355 e. The van der Waals surface area contributed by atoms with Gasteiger partial charge >= 0.3 is 5.97 Å². The normalized spacial score (nSPS) is 10.7. The topological polar surface area (TPSA) is 72.3 Å². The quantitative estimate of drug-likeness (QED) is 0.912. The summed E-state index contributed by atoms with van der Waals surface area (Å²) in [5, 5.41) is 9.32. The first kappa shape index (κ1) is 15.3. The minimum atomic E-state index is -1.05. The van der Waals surface area contributed by atoms with E-state index in [1.807, 2.05) is 38.1 Å². The molecule has 2 aromatic rings. The van der Waals surface area contributed by atoms with Crippen LogP contribution in [0.4, 0.5) is 0 Å². The molecule has 0 amide bonds. The Hall–Kier alpha value is -2.08. The van der Waals surface area contributed by atoms with Gasteiger partial charge in [-0.3, -0.25) is 0 Å². The summed E-state index contributed by atoms with van der Waals surface area (Å²) in [5.74, 6) is 0.280. The highest BCUT2D eigenvalue weighted by atomic mass is 32.2. The Kier molecular flexibility index (Phi) is 4.80. The van der Waals surface area contributed by atoms with Crippen molar-refractivity contribution in [2.45, 2.75) is 29.6 Å². The predicted octanol–water partition coefficient (Wildman–Crippen LogP) is 3.46. The number of ether oxygens (including phenoxy) is 1. The highest BCUT2D eigenvalue weighted by Crippen LogP contribution is 2.31. The predicted molar refractivity (Wildman–Crippen MR) is 80.2 cm³/mol. The number of nitrogens with zero attached hydrogens (tertiary/aromatic N) is 2. The number of carbonyl (C=O) groups is 1. The second-order valence-electron chi connectivity index (χ2n) is 4.68. The summed E-state index contributed by atoms with van der Waals surface area (Å²) in [6.45, 7) is 3.85. The van der Waals surface area contributed by atoms with Crippen molar-refractivity contribution >= 4 is 17.7 Å². The fraction of sp³-hybridized carbons (Fsp3) is 0.267. The smallest absolute Gasteiger partial charge is 0.355 e. The molecular formula is C15H16N2O3S. The molecule has 0 aliphatic heterocycles. The average molecular weight is 304 g/mol. The van der Waals surface area contributed by atoms with Crippen molar-refractivity contribution in [2.75, 3.05) is 7.11 Å². The number of hydrogen-bond acceptors (Lipinski definition) is 5. The molecule has 1 heterocycles. The summed E-state index contributed by atoms with van der Waals surface area (Å²) in [6, 6.07) is 7.41. The maximum absolute atomic E-state index is 11.4. The molecule has 0 saturated heterocycles. The summed E-state index contributed by atoms with van der Waals surface area (Å²) < 4.78 is 5.16. The number of carboxylic acid groups (broad SMARTS) is 1. The van der Waals surface area contributed by atoms with Crippen LogP contribution in [0.1, 0.15) is 36.1 Å². The van der Waals surface area contributed by atoms with Crippen molar-refractivity contribution in [1.29, 1.82) is 0 Å². The Labute approximate surface area is 127 Å². The molecule has 1 N–H and O–H groups in total. The fourth-order valence-corrected chi connectivity index (χ4v) is 2.59. The third kappa shape index (κ3) is 3.72. The molecule has 0 saturated carbocycles. The van der Waals surface area contributed by atoms with Crippen molar-refractivity contribution in [1.82, 2.24) is 9.97 Å². The van der Waals surface area contributed by atoms with Gasteiger partial charge in [-0.05, 0) is 18.2 Å². The van der Waals surface area contributed by atoms with Gasteiger partial charge in [0.2, 0.25) is 0 Å². The first-order valence-electron chi connectivity index (χ1n) is 6.43. The summed E-state index contributed by atoms with van der Waals surface area (Å²) in [6.07, 6.45) is 1.57. The van der Waals surface area contributed by atoms with E-state index in [9.17, 15) is 9.90 Å². The third-order valence-corrected chi connectivity index (χ3v) is 3.77. The average Bonchev–Trinajstić information content (AvgIpc) is 2.47. The zero-order chi connectivity index (χ0) is 15.4. The van der Waals surface area contributed by atoms with Crippen LogP contribution < -0.4 is 4.74 Å². The van der Waals surface area contributed by atoms with Crippen molar-refractivity contribution in [3.8, 4) is 5.75 Å². The summed E-state index contributed by atoms with van der Waals surface area (Å²) >= 11 is 1.31. The summed E-state index contributed by atoms with van der Waals surface area (Å²) in [5.41, 5.74) is 0.0292. The van der Waals surface area contributed by atoms with Crippen LogP contribution in [0.3, 0.4) is 0 Å². The Morgan fingerprint density at radius 2 is 2.14 bits per heavy atom. The first-order valence-corrected chi connectivity index (χ1v) is 7.25. The lowest BCUT2D eigenvalue weighted by molar-refractivity contribution is 0.0685. The number of hydrogen-bond donors (Lipinski definition) is 1. The van der Waals surface area contributed by atoms with Gasteiger partial charge in [-0.1, -0.05) is 31.7 Å². The number of aromatic nitrogens is 2. The molecule has 2 rings (SSSR count). The minimum absolute atomic E-state index is 0.0292. The van der Waals surface area contributed by atoms with Gasteiger partial charge in [0.05, 0.1) is 12.0 Å². The zero-order valence-electron chi connectivity index (χ0n) is 12.0.